The first-order valence-corrected chi connectivity index (χ1v) is 10.4. The number of nitrogens with one attached hydrogen (secondary N) is 1. The van der Waals surface area contributed by atoms with Crippen LogP contribution in [0.1, 0.15) is 24.2 Å². The van der Waals surface area contributed by atoms with Crippen LogP contribution in [0.25, 0.3) is 0 Å². The van der Waals surface area contributed by atoms with Gasteiger partial charge in [0.25, 0.3) is 0 Å². The molecule has 1 amide bonds. The van der Waals surface area contributed by atoms with E-state index >= 15 is 0 Å². The summed E-state index contributed by atoms with van der Waals surface area (Å²) in [4.78, 5) is 14.9. The molecule has 1 aliphatic heterocycles. The van der Waals surface area contributed by atoms with E-state index in [0.717, 1.165) is 30.7 Å². The number of likely N-dealkylation sites (tertiary alicyclic amines) is 1. The van der Waals surface area contributed by atoms with Gasteiger partial charge in [-0.15, -0.1) is 0 Å². The fourth-order valence-electron chi connectivity index (χ4n) is 3.27. The van der Waals surface area contributed by atoms with Crippen molar-refractivity contribution in [1.29, 1.82) is 0 Å². The highest BCUT2D eigenvalue weighted by Gasteiger charge is 2.30. The van der Waals surface area contributed by atoms with Gasteiger partial charge in [0.15, 0.2) is 0 Å². The van der Waals surface area contributed by atoms with Crippen molar-refractivity contribution in [2.75, 3.05) is 20.6 Å². The minimum absolute atomic E-state index is 0.0269. The summed E-state index contributed by atoms with van der Waals surface area (Å²) >= 11 is 0. The van der Waals surface area contributed by atoms with Gasteiger partial charge >= 0.3 is 0 Å². The molecule has 146 valence electrons. The first kappa shape index (κ1) is 19.6. The highest BCUT2D eigenvalue weighted by molar-refractivity contribution is 7.89. The van der Waals surface area contributed by atoms with Gasteiger partial charge in [-0.05, 0) is 49.2 Å². The third kappa shape index (κ3) is 4.58. The van der Waals surface area contributed by atoms with Crippen LogP contribution in [0.5, 0.6) is 0 Å². The fourth-order valence-corrected chi connectivity index (χ4v) is 4.24. The molecular formula is C19H25N3O4S. The Balaban J connectivity index is 1.66. The molecule has 0 radical (unpaired) electrons. The van der Waals surface area contributed by atoms with Crippen LogP contribution in [0, 0.1) is 0 Å². The highest BCUT2D eigenvalue weighted by Crippen LogP contribution is 2.22. The van der Waals surface area contributed by atoms with Crippen LogP contribution >= 0.6 is 0 Å². The van der Waals surface area contributed by atoms with Gasteiger partial charge < -0.3 is 9.73 Å². The molecule has 1 aliphatic rings. The number of rotatable bonds is 7. The lowest BCUT2D eigenvalue weighted by molar-refractivity contribution is -0.125. The van der Waals surface area contributed by atoms with Crippen molar-refractivity contribution in [3.05, 3.63) is 54.0 Å². The van der Waals surface area contributed by atoms with E-state index < -0.39 is 10.0 Å². The Hall–Kier alpha value is -2.16. The molecule has 2 aromatic rings. The molecule has 1 aromatic heterocycles. The number of hydrogen-bond donors (Lipinski definition) is 1. The molecule has 0 spiro atoms. The van der Waals surface area contributed by atoms with Crippen LogP contribution in [-0.4, -0.2) is 50.2 Å². The molecule has 1 N–H and O–H groups in total. The molecular weight excluding hydrogens is 366 g/mol. The first-order valence-electron chi connectivity index (χ1n) is 8.93. The van der Waals surface area contributed by atoms with Crippen molar-refractivity contribution in [2.24, 2.45) is 0 Å². The molecule has 0 saturated carbocycles. The molecule has 1 saturated heterocycles. The van der Waals surface area contributed by atoms with Crippen molar-refractivity contribution in [3.8, 4) is 0 Å². The second-order valence-corrected chi connectivity index (χ2v) is 9.01. The van der Waals surface area contributed by atoms with Crippen molar-refractivity contribution in [1.82, 2.24) is 14.5 Å². The summed E-state index contributed by atoms with van der Waals surface area (Å²) in [6, 6.07) is 10.3. The van der Waals surface area contributed by atoms with E-state index in [4.69, 9.17) is 4.42 Å². The Labute approximate surface area is 160 Å². The second-order valence-electron chi connectivity index (χ2n) is 6.86. The van der Waals surface area contributed by atoms with Crippen LogP contribution in [0.2, 0.25) is 0 Å². The SMILES string of the molecule is CN(C)S(=O)(=O)c1cccc(CN2CCCC2C(=O)NCc2ccco2)c1. The summed E-state index contributed by atoms with van der Waals surface area (Å²) in [5.41, 5.74) is 0.878. The van der Waals surface area contributed by atoms with E-state index in [-0.39, 0.29) is 16.8 Å². The van der Waals surface area contributed by atoms with Crippen LogP contribution in [0.3, 0.4) is 0 Å². The van der Waals surface area contributed by atoms with Crippen molar-refractivity contribution >= 4 is 15.9 Å². The number of nitrogens with zero attached hydrogens (tertiary/aromatic N) is 2. The van der Waals surface area contributed by atoms with Crippen LogP contribution < -0.4 is 5.32 Å². The fraction of sp³-hybridized carbons (Fsp3) is 0.421. The normalized spacial score (nSPS) is 18.1. The van der Waals surface area contributed by atoms with Crippen LogP contribution in [0.15, 0.2) is 52.0 Å². The summed E-state index contributed by atoms with van der Waals surface area (Å²) in [5.74, 6) is 0.690. The summed E-state index contributed by atoms with van der Waals surface area (Å²) in [6.07, 6.45) is 3.31. The topological polar surface area (TPSA) is 82.9 Å². The van der Waals surface area contributed by atoms with Gasteiger partial charge in [-0.2, -0.15) is 0 Å². The standard InChI is InChI=1S/C19H25N3O4S/c1-21(2)27(24,25)17-8-3-6-15(12-17)14-22-10-4-9-18(22)19(23)20-13-16-7-5-11-26-16/h3,5-8,11-12,18H,4,9-10,13-14H2,1-2H3,(H,20,23). The maximum atomic E-state index is 12.6. The minimum Gasteiger partial charge on any atom is -0.467 e. The number of carbonyl (C=O) groups excluding carboxylic acids is 1. The summed E-state index contributed by atoms with van der Waals surface area (Å²) < 4.78 is 31.1. The zero-order chi connectivity index (χ0) is 19.4. The molecule has 1 atom stereocenters. The van der Waals surface area contributed by atoms with Gasteiger partial charge in [0, 0.05) is 20.6 Å². The van der Waals surface area contributed by atoms with Gasteiger partial charge in [-0.25, -0.2) is 12.7 Å². The zero-order valence-electron chi connectivity index (χ0n) is 15.6. The Morgan fingerprint density at radius 1 is 1.30 bits per heavy atom. The smallest absolute Gasteiger partial charge is 0.242 e. The summed E-state index contributed by atoms with van der Waals surface area (Å²) in [5, 5.41) is 2.92. The minimum atomic E-state index is -3.47. The Kier molecular flexibility index (Phi) is 5.98. The van der Waals surface area contributed by atoms with Gasteiger partial charge in [0.1, 0.15) is 5.76 Å². The van der Waals surface area contributed by atoms with Gasteiger partial charge in [0.2, 0.25) is 15.9 Å². The quantitative estimate of drug-likeness (QED) is 0.778. The summed E-state index contributed by atoms with van der Waals surface area (Å²) in [7, 11) is -0.440. The molecule has 7 nitrogen and oxygen atoms in total. The molecule has 2 heterocycles. The number of hydrogen-bond acceptors (Lipinski definition) is 5. The van der Waals surface area contributed by atoms with E-state index in [1.807, 2.05) is 12.1 Å². The van der Waals surface area contributed by atoms with E-state index in [1.165, 1.54) is 18.4 Å². The number of amides is 1. The number of carbonyl (C=O) groups is 1. The van der Waals surface area contributed by atoms with Gasteiger partial charge in [-0.1, -0.05) is 12.1 Å². The number of sulfonamides is 1. The Bertz CT molecular complexity index is 878. The maximum Gasteiger partial charge on any atom is 0.242 e. The largest absolute Gasteiger partial charge is 0.467 e. The average molecular weight is 391 g/mol. The molecule has 3 rings (SSSR count). The maximum absolute atomic E-state index is 12.6. The second kappa shape index (κ2) is 8.24. The Morgan fingerprint density at radius 2 is 2.11 bits per heavy atom. The van der Waals surface area contributed by atoms with Crippen LogP contribution in [-0.2, 0) is 27.9 Å². The van der Waals surface area contributed by atoms with Gasteiger partial charge in [-0.3, -0.25) is 9.69 Å². The molecule has 0 aliphatic carbocycles. The van der Waals surface area contributed by atoms with Crippen molar-refractivity contribution in [3.63, 3.8) is 0 Å². The number of benzene rings is 1. The van der Waals surface area contributed by atoms with Crippen molar-refractivity contribution < 1.29 is 17.6 Å². The molecule has 1 fully saturated rings. The van der Waals surface area contributed by atoms with E-state index in [1.54, 1.807) is 30.5 Å². The first-order chi connectivity index (χ1) is 12.9. The predicted octanol–water partition coefficient (Wildman–Crippen LogP) is 1.81. The number of furan rings is 1. The van der Waals surface area contributed by atoms with Crippen LogP contribution in [0.4, 0.5) is 0 Å². The van der Waals surface area contributed by atoms with E-state index in [0.29, 0.717) is 13.1 Å². The highest BCUT2D eigenvalue weighted by atomic mass is 32.2. The zero-order valence-corrected chi connectivity index (χ0v) is 16.4. The lowest BCUT2D eigenvalue weighted by atomic mass is 10.1. The lowest BCUT2D eigenvalue weighted by Gasteiger charge is -2.24. The lowest BCUT2D eigenvalue weighted by Crippen LogP contribution is -2.42. The van der Waals surface area contributed by atoms with E-state index in [2.05, 4.69) is 10.2 Å². The molecule has 1 unspecified atom stereocenters. The molecule has 1 aromatic carbocycles. The van der Waals surface area contributed by atoms with Gasteiger partial charge in [0.05, 0.1) is 23.7 Å². The van der Waals surface area contributed by atoms with Crippen molar-refractivity contribution in [2.45, 2.75) is 36.9 Å². The van der Waals surface area contributed by atoms with E-state index in [9.17, 15) is 13.2 Å². The average Bonchev–Trinajstić information content (AvgIpc) is 3.31. The third-order valence-corrected chi connectivity index (χ3v) is 6.56. The molecule has 0 bridgehead atoms. The monoisotopic (exact) mass is 391 g/mol. The molecule has 27 heavy (non-hydrogen) atoms. The Morgan fingerprint density at radius 3 is 2.81 bits per heavy atom. The predicted molar refractivity (Wildman–Crippen MR) is 101 cm³/mol. The third-order valence-electron chi connectivity index (χ3n) is 4.75. The summed E-state index contributed by atoms with van der Waals surface area (Å²) in [6.45, 7) is 1.71. The molecule has 8 heteroatoms.